The van der Waals surface area contributed by atoms with E-state index in [9.17, 15) is 9.59 Å². The van der Waals surface area contributed by atoms with Crippen LogP contribution >= 0.6 is 23.1 Å². The first kappa shape index (κ1) is 21.3. The number of aryl methyl sites for hydroxylation is 1. The normalized spacial score (nSPS) is 21.2. The second-order valence-electron chi connectivity index (χ2n) is 7.75. The highest BCUT2D eigenvalue weighted by molar-refractivity contribution is 7.99. The molecule has 1 aliphatic rings. The van der Waals surface area contributed by atoms with E-state index in [0.717, 1.165) is 28.1 Å². The first-order chi connectivity index (χ1) is 13.3. The second-order valence-corrected chi connectivity index (χ2v) is 9.92. The van der Waals surface area contributed by atoms with Crippen molar-refractivity contribution in [1.29, 1.82) is 0 Å². The summed E-state index contributed by atoms with van der Waals surface area (Å²) in [6, 6.07) is 0. The largest absolute Gasteiger partial charge is 0.372 e. The Balaban J connectivity index is 1.74. The van der Waals surface area contributed by atoms with E-state index in [2.05, 4.69) is 30.7 Å². The maximum Gasteiger partial charge on any atom is 0.260 e. The van der Waals surface area contributed by atoms with Crippen molar-refractivity contribution >= 4 is 39.2 Å². The Morgan fingerprint density at radius 3 is 2.71 bits per heavy atom. The third-order valence-electron chi connectivity index (χ3n) is 5.20. The predicted molar refractivity (Wildman–Crippen MR) is 115 cm³/mol. The molecule has 1 fully saturated rings. The van der Waals surface area contributed by atoms with E-state index in [0.29, 0.717) is 29.6 Å². The molecule has 28 heavy (non-hydrogen) atoms. The number of ether oxygens (including phenoxy) is 1. The molecule has 6 nitrogen and oxygen atoms in total. The standard InChI is InChI=1S/C20H29N3O3S2/c1-6-11(2)7-15-14(5)28-19-17(15)18(25)21-20(22-19)27-10-16(24)23-8-12(3)26-13(4)9-23/h11-13H,6-10H2,1-5H3,(H,21,22,25)/t11-,12-,13-/m1/s1. The number of hydrogen-bond acceptors (Lipinski definition) is 6. The zero-order chi connectivity index (χ0) is 20.4. The van der Waals surface area contributed by atoms with Crippen LogP contribution < -0.4 is 5.56 Å². The number of fused-ring (bicyclic) bond motifs is 1. The van der Waals surface area contributed by atoms with Crippen molar-refractivity contribution < 1.29 is 9.53 Å². The van der Waals surface area contributed by atoms with E-state index in [1.54, 1.807) is 11.3 Å². The number of thioether (sulfide) groups is 1. The SMILES string of the molecule is CC[C@@H](C)Cc1c(C)sc2nc(SCC(=O)N3C[C@@H](C)O[C@H](C)C3)[nH]c(=O)c12. The van der Waals surface area contributed by atoms with Crippen LogP contribution in [0.4, 0.5) is 0 Å². The maximum absolute atomic E-state index is 12.7. The minimum absolute atomic E-state index is 0.0463. The zero-order valence-electron chi connectivity index (χ0n) is 17.2. The maximum atomic E-state index is 12.7. The van der Waals surface area contributed by atoms with Gasteiger partial charge >= 0.3 is 0 Å². The van der Waals surface area contributed by atoms with E-state index in [-0.39, 0.29) is 29.4 Å². The first-order valence-electron chi connectivity index (χ1n) is 9.86. The third kappa shape index (κ3) is 4.78. The summed E-state index contributed by atoms with van der Waals surface area (Å²) < 4.78 is 5.68. The number of H-pyrrole nitrogens is 1. The summed E-state index contributed by atoms with van der Waals surface area (Å²) in [6.45, 7) is 11.6. The van der Waals surface area contributed by atoms with Crippen LogP contribution in [0.25, 0.3) is 10.2 Å². The smallest absolute Gasteiger partial charge is 0.260 e. The first-order valence-corrected chi connectivity index (χ1v) is 11.7. The molecule has 1 aliphatic heterocycles. The van der Waals surface area contributed by atoms with Gasteiger partial charge in [0.1, 0.15) is 4.83 Å². The highest BCUT2D eigenvalue weighted by Crippen LogP contribution is 2.30. The number of morpholine rings is 1. The number of thiophene rings is 1. The summed E-state index contributed by atoms with van der Waals surface area (Å²) in [6.07, 6.45) is 2.07. The number of nitrogens with one attached hydrogen (secondary N) is 1. The van der Waals surface area contributed by atoms with Crippen molar-refractivity contribution in [2.45, 2.75) is 64.8 Å². The van der Waals surface area contributed by atoms with E-state index in [1.165, 1.54) is 11.8 Å². The van der Waals surface area contributed by atoms with Gasteiger partial charge in [0.25, 0.3) is 5.56 Å². The van der Waals surface area contributed by atoms with Crippen molar-refractivity contribution in [3.8, 4) is 0 Å². The van der Waals surface area contributed by atoms with Crippen LogP contribution in [0.1, 0.15) is 44.6 Å². The van der Waals surface area contributed by atoms with Gasteiger partial charge in [-0.05, 0) is 38.7 Å². The van der Waals surface area contributed by atoms with Crippen molar-refractivity contribution in [1.82, 2.24) is 14.9 Å². The van der Waals surface area contributed by atoms with Gasteiger partial charge in [0.15, 0.2) is 5.16 Å². The quantitative estimate of drug-likeness (QED) is 0.567. The van der Waals surface area contributed by atoms with Gasteiger partial charge in [0.05, 0.1) is 23.3 Å². The van der Waals surface area contributed by atoms with Gasteiger partial charge in [-0.15, -0.1) is 11.3 Å². The third-order valence-corrected chi connectivity index (χ3v) is 7.09. The molecule has 0 saturated carbocycles. The lowest BCUT2D eigenvalue weighted by Gasteiger charge is -2.35. The molecule has 154 valence electrons. The monoisotopic (exact) mass is 423 g/mol. The molecule has 2 aromatic rings. The fraction of sp³-hybridized carbons (Fsp3) is 0.650. The molecule has 1 N–H and O–H groups in total. The Morgan fingerprint density at radius 2 is 2.07 bits per heavy atom. The van der Waals surface area contributed by atoms with Crippen LogP contribution in [0, 0.1) is 12.8 Å². The van der Waals surface area contributed by atoms with Crippen molar-refractivity contribution in [2.24, 2.45) is 5.92 Å². The summed E-state index contributed by atoms with van der Waals surface area (Å²) in [5.74, 6) is 0.841. The second kappa shape index (κ2) is 8.97. The Labute approximate surface area is 174 Å². The summed E-state index contributed by atoms with van der Waals surface area (Å²) in [5, 5.41) is 1.23. The molecule has 3 heterocycles. The number of amides is 1. The van der Waals surface area contributed by atoms with Gasteiger partial charge in [0, 0.05) is 18.0 Å². The number of aromatic amines is 1. The fourth-order valence-electron chi connectivity index (χ4n) is 3.57. The number of carbonyl (C=O) groups excluding carboxylic acids is 1. The Bertz CT molecular complexity index is 898. The van der Waals surface area contributed by atoms with Gasteiger partial charge in [-0.2, -0.15) is 0 Å². The summed E-state index contributed by atoms with van der Waals surface area (Å²) in [4.78, 5) is 36.5. The Morgan fingerprint density at radius 1 is 1.39 bits per heavy atom. The molecule has 2 aromatic heterocycles. The summed E-state index contributed by atoms with van der Waals surface area (Å²) in [7, 11) is 0. The van der Waals surface area contributed by atoms with Crippen molar-refractivity contribution in [3.63, 3.8) is 0 Å². The molecule has 0 aromatic carbocycles. The highest BCUT2D eigenvalue weighted by atomic mass is 32.2. The molecular formula is C20H29N3O3S2. The van der Waals surface area contributed by atoms with Gasteiger partial charge in [-0.1, -0.05) is 32.0 Å². The minimum atomic E-state index is -0.101. The van der Waals surface area contributed by atoms with Crippen LogP contribution in [0.2, 0.25) is 0 Å². The molecular weight excluding hydrogens is 394 g/mol. The molecule has 0 aliphatic carbocycles. The molecule has 0 bridgehead atoms. The Kier molecular flexibility index (Phi) is 6.83. The van der Waals surface area contributed by atoms with Crippen LogP contribution in [0.3, 0.4) is 0 Å². The fourth-order valence-corrected chi connectivity index (χ4v) is 5.44. The van der Waals surface area contributed by atoms with E-state index in [4.69, 9.17) is 4.74 Å². The lowest BCUT2D eigenvalue weighted by Crippen LogP contribution is -2.48. The van der Waals surface area contributed by atoms with Crippen LogP contribution in [-0.4, -0.2) is 51.8 Å². The van der Waals surface area contributed by atoms with E-state index >= 15 is 0 Å². The lowest BCUT2D eigenvalue weighted by molar-refractivity contribution is -0.140. The van der Waals surface area contributed by atoms with Gasteiger partial charge in [-0.25, -0.2) is 4.98 Å². The van der Waals surface area contributed by atoms with Crippen LogP contribution in [-0.2, 0) is 16.0 Å². The molecule has 0 unspecified atom stereocenters. The molecule has 8 heteroatoms. The summed E-state index contributed by atoms with van der Waals surface area (Å²) in [5.41, 5.74) is 1.02. The van der Waals surface area contributed by atoms with E-state index < -0.39 is 0 Å². The van der Waals surface area contributed by atoms with Crippen LogP contribution in [0.5, 0.6) is 0 Å². The average Bonchev–Trinajstić information content (AvgIpc) is 2.94. The lowest BCUT2D eigenvalue weighted by atomic mass is 9.98. The number of aromatic nitrogens is 2. The number of nitrogens with zero attached hydrogens (tertiary/aromatic N) is 2. The highest BCUT2D eigenvalue weighted by Gasteiger charge is 2.26. The number of hydrogen-bond donors (Lipinski definition) is 1. The zero-order valence-corrected chi connectivity index (χ0v) is 18.8. The molecule has 3 atom stereocenters. The average molecular weight is 424 g/mol. The topological polar surface area (TPSA) is 75.3 Å². The summed E-state index contributed by atoms with van der Waals surface area (Å²) >= 11 is 2.86. The van der Waals surface area contributed by atoms with Gasteiger partial charge < -0.3 is 14.6 Å². The number of rotatable bonds is 6. The van der Waals surface area contributed by atoms with Crippen molar-refractivity contribution in [2.75, 3.05) is 18.8 Å². The molecule has 0 spiro atoms. The predicted octanol–water partition coefficient (Wildman–Crippen LogP) is 3.61. The molecule has 1 amide bonds. The number of carbonyl (C=O) groups is 1. The van der Waals surface area contributed by atoms with Crippen LogP contribution in [0.15, 0.2) is 9.95 Å². The van der Waals surface area contributed by atoms with E-state index in [1.807, 2.05) is 18.7 Å². The van der Waals surface area contributed by atoms with Gasteiger partial charge in [0.2, 0.25) is 5.91 Å². The Hall–Kier alpha value is -1.38. The molecule has 3 rings (SSSR count). The molecule has 0 radical (unpaired) electrons. The van der Waals surface area contributed by atoms with Gasteiger partial charge in [-0.3, -0.25) is 9.59 Å². The molecule has 1 saturated heterocycles. The van der Waals surface area contributed by atoms with Crippen molar-refractivity contribution in [3.05, 3.63) is 20.8 Å². The minimum Gasteiger partial charge on any atom is -0.372 e.